The summed E-state index contributed by atoms with van der Waals surface area (Å²) >= 11 is 0. The number of benzene rings is 3. The molecule has 1 unspecified atom stereocenters. The van der Waals surface area contributed by atoms with Crippen molar-refractivity contribution in [2.24, 2.45) is 0 Å². The summed E-state index contributed by atoms with van der Waals surface area (Å²) < 4.78 is 0. The lowest BCUT2D eigenvalue weighted by atomic mass is 9.99. The van der Waals surface area contributed by atoms with E-state index in [4.69, 9.17) is 0 Å². The van der Waals surface area contributed by atoms with E-state index in [-0.39, 0.29) is 30.9 Å². The van der Waals surface area contributed by atoms with Crippen LogP contribution in [0.5, 0.6) is 0 Å². The zero-order valence-corrected chi connectivity index (χ0v) is 29.9. The summed E-state index contributed by atoms with van der Waals surface area (Å²) in [5.41, 5.74) is 7.31. The third-order valence-electron chi connectivity index (χ3n) is 9.17. The molecular formula is C44H53N3O3. The highest BCUT2D eigenvalue weighted by molar-refractivity contribution is 5.94. The second-order valence-corrected chi connectivity index (χ2v) is 13.0. The number of allylic oxidation sites excluding steroid dienone is 7. The standard InChI is InChI=1S/C44H53N3O3/c1-5-7-8-9-13-20-37(15-6-2)38-21-23-39(24-22-38)44(50)45-31-41(48)33-47(43(49)26-25-42-34(3)16-14-17-35(42)4)40-27-29-46(30-28-40)32-36-18-11-10-12-19-36/h5,7-19,21-26,40-41,48H,1,6,20,27-33H2,2-4H3,(H,45,50)/b8-7-,13-9-,26-25+,37-15+. The van der Waals surface area contributed by atoms with Crippen LogP contribution in [-0.4, -0.2) is 65.0 Å². The van der Waals surface area contributed by atoms with Gasteiger partial charge in [0.05, 0.1) is 6.10 Å². The molecule has 2 N–H and O–H groups in total. The van der Waals surface area contributed by atoms with Crippen LogP contribution in [0.4, 0.5) is 0 Å². The Balaban J connectivity index is 1.39. The number of piperidine rings is 1. The van der Waals surface area contributed by atoms with Gasteiger partial charge in [-0.1, -0.05) is 111 Å². The van der Waals surface area contributed by atoms with Crippen molar-refractivity contribution in [2.45, 2.75) is 65.1 Å². The van der Waals surface area contributed by atoms with E-state index in [1.54, 1.807) is 17.1 Å². The Bertz CT molecular complexity index is 1640. The van der Waals surface area contributed by atoms with Crippen LogP contribution in [0.1, 0.15) is 70.8 Å². The van der Waals surface area contributed by atoms with Crippen molar-refractivity contribution >= 4 is 23.5 Å². The molecule has 3 aromatic rings. The maximum atomic E-state index is 13.8. The number of amides is 2. The highest BCUT2D eigenvalue weighted by Crippen LogP contribution is 2.22. The number of aliphatic hydroxyl groups is 1. The molecule has 0 spiro atoms. The first-order valence-electron chi connectivity index (χ1n) is 17.8. The number of carbonyl (C=O) groups is 2. The number of hydrogen-bond acceptors (Lipinski definition) is 4. The maximum Gasteiger partial charge on any atom is 0.251 e. The van der Waals surface area contributed by atoms with Crippen LogP contribution in [0.3, 0.4) is 0 Å². The van der Waals surface area contributed by atoms with Crippen LogP contribution in [0.25, 0.3) is 11.6 Å². The Labute approximate surface area is 299 Å². The Morgan fingerprint density at radius 3 is 2.28 bits per heavy atom. The summed E-state index contributed by atoms with van der Waals surface area (Å²) in [5.74, 6) is -0.384. The Kier molecular flexibility index (Phi) is 15.2. The molecule has 6 heteroatoms. The summed E-state index contributed by atoms with van der Waals surface area (Å²) in [6.07, 6.45) is 17.8. The molecule has 0 aromatic heterocycles. The molecule has 262 valence electrons. The normalized spacial score (nSPS) is 15.2. The fraction of sp³-hybridized carbons (Fsp3) is 0.318. The van der Waals surface area contributed by atoms with E-state index in [0.29, 0.717) is 5.56 Å². The molecule has 0 bridgehead atoms. The molecule has 1 aliphatic heterocycles. The van der Waals surface area contributed by atoms with Crippen molar-refractivity contribution < 1.29 is 14.7 Å². The van der Waals surface area contributed by atoms with E-state index in [1.807, 2.05) is 86.7 Å². The minimum Gasteiger partial charge on any atom is -0.389 e. The predicted octanol–water partition coefficient (Wildman–Crippen LogP) is 8.08. The van der Waals surface area contributed by atoms with Gasteiger partial charge < -0.3 is 15.3 Å². The lowest BCUT2D eigenvalue weighted by molar-refractivity contribution is -0.130. The molecule has 1 saturated heterocycles. The molecule has 6 nitrogen and oxygen atoms in total. The lowest BCUT2D eigenvalue weighted by Gasteiger charge is -2.39. The van der Waals surface area contributed by atoms with Gasteiger partial charge in [-0.3, -0.25) is 14.5 Å². The number of aliphatic hydroxyl groups excluding tert-OH is 1. The highest BCUT2D eigenvalue weighted by atomic mass is 16.3. The Morgan fingerprint density at radius 2 is 1.62 bits per heavy atom. The van der Waals surface area contributed by atoms with E-state index in [2.05, 4.69) is 60.1 Å². The first-order chi connectivity index (χ1) is 24.3. The number of nitrogens with one attached hydrogen (secondary N) is 1. The topological polar surface area (TPSA) is 72.9 Å². The van der Waals surface area contributed by atoms with E-state index in [1.165, 1.54) is 11.1 Å². The minimum absolute atomic E-state index is 0.00624. The number of likely N-dealkylation sites (tertiary alicyclic amines) is 1. The van der Waals surface area contributed by atoms with Crippen LogP contribution < -0.4 is 5.32 Å². The molecule has 1 heterocycles. The summed E-state index contributed by atoms with van der Waals surface area (Å²) in [5, 5.41) is 14.0. The van der Waals surface area contributed by atoms with Crippen LogP contribution in [0.15, 0.2) is 122 Å². The van der Waals surface area contributed by atoms with Gasteiger partial charge in [-0.25, -0.2) is 0 Å². The largest absolute Gasteiger partial charge is 0.389 e. The third-order valence-corrected chi connectivity index (χ3v) is 9.17. The molecule has 50 heavy (non-hydrogen) atoms. The first kappa shape index (κ1) is 38.0. The van der Waals surface area contributed by atoms with Gasteiger partial charge in [-0.2, -0.15) is 0 Å². The van der Waals surface area contributed by atoms with E-state index in [9.17, 15) is 14.7 Å². The monoisotopic (exact) mass is 671 g/mol. The van der Waals surface area contributed by atoms with Crippen LogP contribution in [0.2, 0.25) is 0 Å². The van der Waals surface area contributed by atoms with Gasteiger partial charge in [0, 0.05) is 50.4 Å². The number of aryl methyl sites for hydroxylation is 2. The van der Waals surface area contributed by atoms with Gasteiger partial charge in [0.2, 0.25) is 5.91 Å². The van der Waals surface area contributed by atoms with Gasteiger partial charge in [0.25, 0.3) is 5.91 Å². The second-order valence-electron chi connectivity index (χ2n) is 13.0. The summed E-state index contributed by atoms with van der Waals surface area (Å²) in [6.45, 7) is 12.7. The third kappa shape index (κ3) is 11.7. The van der Waals surface area contributed by atoms with Crippen LogP contribution >= 0.6 is 0 Å². The highest BCUT2D eigenvalue weighted by Gasteiger charge is 2.29. The molecule has 0 radical (unpaired) electrons. The van der Waals surface area contributed by atoms with Gasteiger partial charge in [0.1, 0.15) is 0 Å². The Hall–Kier alpha value is -4.78. The number of hydrogen-bond donors (Lipinski definition) is 2. The smallest absolute Gasteiger partial charge is 0.251 e. The zero-order valence-electron chi connectivity index (χ0n) is 29.9. The van der Waals surface area contributed by atoms with Crippen LogP contribution in [-0.2, 0) is 11.3 Å². The number of carbonyl (C=O) groups excluding carboxylic acids is 2. The van der Waals surface area contributed by atoms with Gasteiger partial charge in [-0.05, 0) is 91.1 Å². The molecule has 1 aliphatic rings. The van der Waals surface area contributed by atoms with Crippen LogP contribution in [0, 0.1) is 13.8 Å². The number of rotatable bonds is 16. The van der Waals surface area contributed by atoms with Crippen molar-refractivity contribution in [3.05, 3.63) is 155 Å². The lowest BCUT2D eigenvalue weighted by Crippen LogP contribution is -2.50. The first-order valence-corrected chi connectivity index (χ1v) is 17.8. The fourth-order valence-electron chi connectivity index (χ4n) is 6.41. The average molecular weight is 672 g/mol. The maximum absolute atomic E-state index is 13.8. The Morgan fingerprint density at radius 1 is 0.940 bits per heavy atom. The quantitative estimate of drug-likeness (QED) is 0.119. The molecule has 1 fully saturated rings. The molecule has 0 aliphatic carbocycles. The molecule has 1 atom stereocenters. The van der Waals surface area contributed by atoms with E-state index in [0.717, 1.165) is 67.6 Å². The van der Waals surface area contributed by atoms with E-state index < -0.39 is 6.10 Å². The number of nitrogens with zero attached hydrogens (tertiary/aromatic N) is 2. The molecule has 3 aromatic carbocycles. The molecular weight excluding hydrogens is 619 g/mol. The van der Waals surface area contributed by atoms with Crippen molar-refractivity contribution in [1.82, 2.24) is 15.1 Å². The summed E-state index contributed by atoms with van der Waals surface area (Å²) in [4.78, 5) is 31.1. The van der Waals surface area contributed by atoms with Gasteiger partial charge >= 0.3 is 0 Å². The summed E-state index contributed by atoms with van der Waals surface area (Å²) in [7, 11) is 0. The average Bonchev–Trinajstić information content (AvgIpc) is 3.13. The van der Waals surface area contributed by atoms with E-state index >= 15 is 0 Å². The van der Waals surface area contributed by atoms with Gasteiger partial charge in [0.15, 0.2) is 0 Å². The molecule has 4 rings (SSSR count). The van der Waals surface area contributed by atoms with Crippen molar-refractivity contribution in [3.63, 3.8) is 0 Å². The predicted molar refractivity (Wildman–Crippen MR) is 208 cm³/mol. The zero-order chi connectivity index (χ0) is 35.7. The molecule has 0 saturated carbocycles. The fourth-order valence-corrected chi connectivity index (χ4v) is 6.41. The minimum atomic E-state index is -0.917. The SMILES string of the molecule is C=C/C=C\C=C/C/C(=C\CC)c1ccc(C(=O)NCC(O)CN(C(=O)/C=C/c2c(C)cccc2C)C2CCN(Cc3ccccc3)CC2)cc1. The van der Waals surface area contributed by atoms with Gasteiger partial charge in [-0.15, -0.1) is 0 Å². The second kappa shape index (κ2) is 20.0. The summed E-state index contributed by atoms with van der Waals surface area (Å²) in [6, 6.07) is 24.1. The molecule has 2 amide bonds. The van der Waals surface area contributed by atoms with Crippen molar-refractivity contribution in [1.29, 1.82) is 0 Å². The van der Waals surface area contributed by atoms with Crippen molar-refractivity contribution in [2.75, 3.05) is 26.2 Å². The van der Waals surface area contributed by atoms with Crippen molar-refractivity contribution in [3.8, 4) is 0 Å².